The van der Waals surface area contributed by atoms with Crippen LogP contribution in [0.1, 0.15) is 40.4 Å². The number of aryl methyl sites for hydroxylation is 1. The number of aromatic nitrogens is 1. The highest BCUT2D eigenvalue weighted by molar-refractivity contribution is 5.94. The van der Waals surface area contributed by atoms with Crippen molar-refractivity contribution in [2.45, 2.75) is 25.7 Å². The highest BCUT2D eigenvalue weighted by Gasteiger charge is 2.26. The average molecular weight is 390 g/mol. The van der Waals surface area contributed by atoms with Gasteiger partial charge < -0.3 is 14.4 Å². The molecule has 0 N–H and O–H groups in total. The Morgan fingerprint density at radius 2 is 2.00 bits per heavy atom. The van der Waals surface area contributed by atoms with E-state index in [9.17, 15) is 4.79 Å². The van der Waals surface area contributed by atoms with Gasteiger partial charge in [0.25, 0.3) is 5.91 Å². The number of carbonyl (C=O) groups excluding carboxylic acids is 1. The summed E-state index contributed by atoms with van der Waals surface area (Å²) in [5, 5.41) is 2.26. The van der Waals surface area contributed by atoms with Gasteiger partial charge in [-0.1, -0.05) is 6.07 Å². The van der Waals surface area contributed by atoms with Gasteiger partial charge in [0.1, 0.15) is 11.5 Å². The van der Waals surface area contributed by atoms with Gasteiger partial charge in [0.05, 0.1) is 14.2 Å². The summed E-state index contributed by atoms with van der Waals surface area (Å²) in [6, 6.07) is 13.5. The Morgan fingerprint density at radius 1 is 1.14 bits per heavy atom. The number of nitrogens with zero attached hydrogens (tertiary/aromatic N) is 2. The summed E-state index contributed by atoms with van der Waals surface area (Å²) in [4.78, 5) is 19.7. The molecule has 4 rings (SSSR count). The largest absolute Gasteiger partial charge is 0.497 e. The van der Waals surface area contributed by atoms with Gasteiger partial charge in [-0.3, -0.25) is 9.78 Å². The molecule has 1 atom stereocenters. The predicted molar refractivity (Wildman–Crippen MR) is 114 cm³/mol. The molecule has 5 heteroatoms. The van der Waals surface area contributed by atoms with Gasteiger partial charge in [-0.05, 0) is 67.1 Å². The second kappa shape index (κ2) is 8.11. The average Bonchev–Trinajstić information content (AvgIpc) is 2.79. The first-order valence-electron chi connectivity index (χ1n) is 9.97. The Hall–Kier alpha value is -3.08. The second-order valence-electron chi connectivity index (χ2n) is 7.55. The highest BCUT2D eigenvalue weighted by atomic mass is 16.5. The van der Waals surface area contributed by atoms with Crippen LogP contribution in [-0.2, 0) is 0 Å². The molecule has 0 bridgehead atoms. The summed E-state index contributed by atoms with van der Waals surface area (Å²) in [5.74, 6) is 1.86. The van der Waals surface area contributed by atoms with E-state index in [0.717, 1.165) is 47.2 Å². The van der Waals surface area contributed by atoms with Crippen LogP contribution in [0.15, 0.2) is 48.7 Å². The van der Waals surface area contributed by atoms with Crippen LogP contribution in [0, 0.1) is 6.92 Å². The van der Waals surface area contributed by atoms with Gasteiger partial charge in [-0.2, -0.15) is 0 Å². The molecule has 0 radical (unpaired) electrons. The first-order chi connectivity index (χ1) is 14.1. The minimum Gasteiger partial charge on any atom is -0.497 e. The SMILES string of the molecule is COc1cccc(C(=O)N2CCCC(c3cc4c(C)c(OC)ccc4cn3)C2)c1. The number of carbonyl (C=O) groups is 1. The predicted octanol–water partition coefficient (Wildman–Crippen LogP) is 4.58. The Morgan fingerprint density at radius 3 is 2.79 bits per heavy atom. The smallest absolute Gasteiger partial charge is 0.254 e. The first-order valence-corrected chi connectivity index (χ1v) is 9.97. The number of likely N-dealkylation sites (tertiary alicyclic amines) is 1. The van der Waals surface area contributed by atoms with Crippen molar-refractivity contribution in [1.82, 2.24) is 9.88 Å². The Labute approximate surface area is 171 Å². The number of benzene rings is 2. The van der Waals surface area contributed by atoms with Crippen LogP contribution >= 0.6 is 0 Å². The molecule has 0 spiro atoms. The summed E-state index contributed by atoms with van der Waals surface area (Å²) >= 11 is 0. The van der Waals surface area contributed by atoms with E-state index in [0.29, 0.717) is 17.9 Å². The van der Waals surface area contributed by atoms with Crippen LogP contribution in [0.3, 0.4) is 0 Å². The molecular weight excluding hydrogens is 364 g/mol. The molecule has 0 aliphatic carbocycles. The molecule has 3 aromatic rings. The van der Waals surface area contributed by atoms with E-state index in [2.05, 4.69) is 13.0 Å². The van der Waals surface area contributed by atoms with E-state index in [1.807, 2.05) is 41.4 Å². The summed E-state index contributed by atoms with van der Waals surface area (Å²) in [5.41, 5.74) is 2.82. The number of hydrogen-bond donors (Lipinski definition) is 0. The number of ether oxygens (including phenoxy) is 2. The fourth-order valence-corrected chi connectivity index (χ4v) is 4.15. The molecule has 1 aliphatic rings. The zero-order valence-electron chi connectivity index (χ0n) is 17.1. The lowest BCUT2D eigenvalue weighted by Gasteiger charge is -2.32. The minimum atomic E-state index is 0.0484. The molecule has 2 aromatic carbocycles. The molecule has 150 valence electrons. The maximum absolute atomic E-state index is 13.0. The first kappa shape index (κ1) is 19.2. The lowest BCUT2D eigenvalue weighted by molar-refractivity contribution is 0.0705. The van der Waals surface area contributed by atoms with Gasteiger partial charge >= 0.3 is 0 Å². The van der Waals surface area contributed by atoms with Crippen molar-refractivity contribution in [3.63, 3.8) is 0 Å². The van der Waals surface area contributed by atoms with Crippen LogP contribution in [0.5, 0.6) is 11.5 Å². The molecular formula is C24H26N2O3. The van der Waals surface area contributed by atoms with Crippen molar-refractivity contribution in [1.29, 1.82) is 0 Å². The molecule has 1 saturated heterocycles. The topological polar surface area (TPSA) is 51.7 Å². The molecule has 5 nitrogen and oxygen atoms in total. The number of amides is 1. The molecule has 1 aromatic heterocycles. The molecule has 0 saturated carbocycles. The van der Waals surface area contributed by atoms with Crippen molar-refractivity contribution in [2.75, 3.05) is 27.3 Å². The molecule has 2 heterocycles. The van der Waals surface area contributed by atoms with Crippen LogP contribution < -0.4 is 9.47 Å². The van der Waals surface area contributed by atoms with Crippen LogP contribution in [0.25, 0.3) is 10.8 Å². The Kier molecular flexibility index (Phi) is 5.38. The van der Waals surface area contributed by atoms with Gasteiger partial charge in [0.2, 0.25) is 0 Å². The van der Waals surface area contributed by atoms with E-state index in [4.69, 9.17) is 14.5 Å². The maximum Gasteiger partial charge on any atom is 0.254 e. The molecule has 29 heavy (non-hydrogen) atoms. The summed E-state index contributed by atoms with van der Waals surface area (Å²) in [6.45, 7) is 3.52. The monoisotopic (exact) mass is 390 g/mol. The van der Waals surface area contributed by atoms with E-state index >= 15 is 0 Å². The number of rotatable bonds is 4. The van der Waals surface area contributed by atoms with Crippen molar-refractivity contribution in [3.8, 4) is 11.5 Å². The number of methoxy groups -OCH3 is 2. The van der Waals surface area contributed by atoms with Gasteiger partial charge in [0.15, 0.2) is 0 Å². The van der Waals surface area contributed by atoms with Crippen molar-refractivity contribution in [2.24, 2.45) is 0 Å². The summed E-state index contributed by atoms with van der Waals surface area (Å²) in [6.07, 6.45) is 3.93. The fourth-order valence-electron chi connectivity index (χ4n) is 4.15. The van der Waals surface area contributed by atoms with Gasteiger partial charge in [0, 0.05) is 41.8 Å². The highest BCUT2D eigenvalue weighted by Crippen LogP contribution is 2.32. The third kappa shape index (κ3) is 3.77. The zero-order chi connectivity index (χ0) is 20.4. The van der Waals surface area contributed by atoms with E-state index < -0.39 is 0 Å². The third-order valence-corrected chi connectivity index (χ3v) is 5.81. The van der Waals surface area contributed by atoms with Crippen LogP contribution in [0.4, 0.5) is 0 Å². The molecule has 1 aliphatic heterocycles. The van der Waals surface area contributed by atoms with Crippen molar-refractivity contribution in [3.05, 3.63) is 65.5 Å². The van der Waals surface area contributed by atoms with Gasteiger partial charge in [-0.25, -0.2) is 0 Å². The number of fused-ring (bicyclic) bond motifs is 1. The Balaban J connectivity index is 1.59. The molecule has 1 fully saturated rings. The number of piperidine rings is 1. The molecule has 1 amide bonds. The van der Waals surface area contributed by atoms with Crippen LogP contribution in [0.2, 0.25) is 0 Å². The van der Waals surface area contributed by atoms with E-state index in [-0.39, 0.29) is 11.8 Å². The standard InChI is InChI=1S/C24H26N2O3/c1-16-21-13-22(25-14-18(21)9-10-23(16)29-3)19-7-5-11-26(15-19)24(27)17-6-4-8-20(12-17)28-2/h4,6,8-10,12-14,19H,5,7,11,15H2,1-3H3. The lowest BCUT2D eigenvalue weighted by atomic mass is 9.92. The van der Waals surface area contributed by atoms with Crippen molar-refractivity contribution >= 4 is 16.7 Å². The lowest BCUT2D eigenvalue weighted by Crippen LogP contribution is -2.39. The normalized spacial score (nSPS) is 16.7. The quantitative estimate of drug-likeness (QED) is 0.654. The second-order valence-corrected chi connectivity index (χ2v) is 7.55. The fraction of sp³-hybridized carbons (Fsp3) is 0.333. The summed E-state index contributed by atoms with van der Waals surface area (Å²) < 4.78 is 10.7. The van der Waals surface area contributed by atoms with E-state index in [1.54, 1.807) is 20.3 Å². The van der Waals surface area contributed by atoms with Gasteiger partial charge in [-0.15, -0.1) is 0 Å². The number of hydrogen-bond acceptors (Lipinski definition) is 4. The maximum atomic E-state index is 13.0. The van der Waals surface area contributed by atoms with E-state index in [1.165, 1.54) is 0 Å². The summed E-state index contributed by atoms with van der Waals surface area (Å²) in [7, 11) is 3.31. The molecule has 1 unspecified atom stereocenters. The third-order valence-electron chi connectivity index (χ3n) is 5.81. The minimum absolute atomic E-state index is 0.0484. The zero-order valence-corrected chi connectivity index (χ0v) is 17.1. The van der Waals surface area contributed by atoms with Crippen molar-refractivity contribution < 1.29 is 14.3 Å². The van der Waals surface area contributed by atoms with Crippen LogP contribution in [-0.4, -0.2) is 43.1 Å². The number of pyridine rings is 1. The Bertz CT molecular complexity index is 1050.